The number of amides is 1. The molecule has 0 unspecified atom stereocenters. The Labute approximate surface area is 126 Å². The lowest BCUT2D eigenvalue weighted by Crippen LogP contribution is -2.53. The Balaban J connectivity index is 2.09. The van der Waals surface area contributed by atoms with Crippen molar-refractivity contribution in [2.45, 2.75) is 64.1 Å². The van der Waals surface area contributed by atoms with E-state index in [4.69, 9.17) is 4.74 Å². The van der Waals surface area contributed by atoms with Crippen molar-refractivity contribution in [2.24, 2.45) is 0 Å². The van der Waals surface area contributed by atoms with Crippen LogP contribution in [-0.2, 0) is 9.53 Å². The summed E-state index contributed by atoms with van der Waals surface area (Å²) >= 11 is 0. The summed E-state index contributed by atoms with van der Waals surface area (Å²) in [4.78, 5) is 27.5. The zero-order chi connectivity index (χ0) is 15.6. The van der Waals surface area contributed by atoms with Crippen LogP contribution in [0.25, 0.3) is 0 Å². The Kier molecular flexibility index (Phi) is 4.76. The molecule has 2 atom stereocenters. The number of piperidine rings is 1. The highest BCUT2D eigenvalue weighted by Crippen LogP contribution is 2.27. The predicted molar refractivity (Wildman–Crippen MR) is 78.2 cm³/mol. The van der Waals surface area contributed by atoms with Crippen molar-refractivity contribution in [1.29, 1.82) is 0 Å². The van der Waals surface area contributed by atoms with E-state index in [1.165, 1.54) is 11.3 Å². The highest BCUT2D eigenvalue weighted by molar-refractivity contribution is 5.81. The van der Waals surface area contributed by atoms with Gasteiger partial charge in [-0.2, -0.15) is 0 Å². The molecule has 0 aromatic heterocycles. The zero-order valence-electron chi connectivity index (χ0n) is 13.2. The van der Waals surface area contributed by atoms with Crippen molar-refractivity contribution >= 4 is 12.1 Å². The second-order valence-electron chi connectivity index (χ2n) is 6.91. The molecule has 6 nitrogen and oxygen atoms in total. The second-order valence-corrected chi connectivity index (χ2v) is 6.91. The van der Waals surface area contributed by atoms with Crippen molar-refractivity contribution in [3.8, 4) is 0 Å². The summed E-state index contributed by atoms with van der Waals surface area (Å²) < 4.78 is 5.34. The van der Waals surface area contributed by atoms with Crippen LogP contribution in [0.3, 0.4) is 0 Å². The van der Waals surface area contributed by atoms with E-state index in [2.05, 4.69) is 4.90 Å². The van der Waals surface area contributed by atoms with Crippen LogP contribution in [0.1, 0.15) is 46.5 Å². The fraction of sp³-hybridized carbons (Fsp3) is 0.867. The van der Waals surface area contributed by atoms with Gasteiger partial charge in [-0.15, -0.1) is 0 Å². The summed E-state index contributed by atoms with van der Waals surface area (Å²) in [5, 5.41) is 9.56. The Bertz CT molecular complexity index is 399. The third-order valence-electron chi connectivity index (χ3n) is 4.11. The number of carbonyl (C=O) groups excluding carboxylic acids is 1. The van der Waals surface area contributed by atoms with Gasteiger partial charge < -0.3 is 9.84 Å². The average molecular weight is 298 g/mol. The normalized spacial score (nSPS) is 27.7. The third-order valence-corrected chi connectivity index (χ3v) is 4.11. The molecule has 21 heavy (non-hydrogen) atoms. The number of hydrogen-bond donors (Lipinski definition) is 1. The van der Waals surface area contributed by atoms with Gasteiger partial charge in [-0.3, -0.25) is 9.80 Å². The van der Waals surface area contributed by atoms with E-state index >= 15 is 0 Å². The largest absolute Gasteiger partial charge is 0.480 e. The van der Waals surface area contributed by atoms with Crippen LogP contribution < -0.4 is 0 Å². The first-order valence-corrected chi connectivity index (χ1v) is 7.76. The number of nitrogens with zero attached hydrogens (tertiary/aromatic N) is 2. The van der Waals surface area contributed by atoms with Crippen LogP contribution in [0.2, 0.25) is 0 Å². The fourth-order valence-electron chi connectivity index (χ4n) is 3.23. The first-order valence-electron chi connectivity index (χ1n) is 7.76. The molecule has 2 aliphatic rings. The van der Waals surface area contributed by atoms with Crippen LogP contribution in [0.5, 0.6) is 0 Å². The number of aliphatic carboxylic acids is 1. The van der Waals surface area contributed by atoms with E-state index < -0.39 is 23.7 Å². The molecule has 6 heteroatoms. The van der Waals surface area contributed by atoms with Gasteiger partial charge in [-0.1, -0.05) is 6.42 Å². The van der Waals surface area contributed by atoms with Crippen LogP contribution in [0.4, 0.5) is 4.79 Å². The third kappa shape index (κ3) is 3.87. The molecule has 2 rings (SSSR count). The van der Waals surface area contributed by atoms with E-state index in [0.29, 0.717) is 13.0 Å². The molecule has 0 spiro atoms. The Morgan fingerprint density at radius 1 is 1.10 bits per heavy atom. The summed E-state index contributed by atoms with van der Waals surface area (Å²) in [6.07, 6.45) is 3.60. The van der Waals surface area contributed by atoms with Crippen molar-refractivity contribution in [2.75, 3.05) is 19.6 Å². The van der Waals surface area contributed by atoms with Gasteiger partial charge in [-0.05, 0) is 53.1 Å². The van der Waals surface area contributed by atoms with Crippen LogP contribution >= 0.6 is 0 Å². The van der Waals surface area contributed by atoms with Crippen molar-refractivity contribution < 1.29 is 19.4 Å². The number of ether oxygens (including phenoxy) is 1. The van der Waals surface area contributed by atoms with E-state index in [1.807, 2.05) is 0 Å². The zero-order valence-corrected chi connectivity index (χ0v) is 13.2. The maximum Gasteiger partial charge on any atom is 0.411 e. The van der Waals surface area contributed by atoms with Crippen molar-refractivity contribution in [1.82, 2.24) is 9.80 Å². The SMILES string of the molecule is CC(C)(C)OC(=O)N1CC[C@@H](N2CCCCC2)[C@H]1C(=O)O. The molecule has 2 fully saturated rings. The van der Waals surface area contributed by atoms with Gasteiger partial charge >= 0.3 is 12.1 Å². The first kappa shape index (κ1) is 16.1. The molecular weight excluding hydrogens is 272 g/mol. The van der Waals surface area contributed by atoms with E-state index in [1.54, 1.807) is 20.8 Å². The molecule has 2 heterocycles. The van der Waals surface area contributed by atoms with Gasteiger partial charge in [0.2, 0.25) is 0 Å². The lowest BCUT2D eigenvalue weighted by molar-refractivity contribution is -0.144. The van der Waals surface area contributed by atoms with Crippen LogP contribution in [0, 0.1) is 0 Å². The summed E-state index contributed by atoms with van der Waals surface area (Å²) in [6.45, 7) is 7.68. The number of carbonyl (C=O) groups is 2. The van der Waals surface area contributed by atoms with E-state index in [0.717, 1.165) is 25.9 Å². The molecule has 0 saturated carbocycles. The van der Waals surface area contributed by atoms with Gasteiger partial charge in [0.05, 0.1) is 0 Å². The smallest absolute Gasteiger partial charge is 0.411 e. The minimum atomic E-state index is -0.936. The summed E-state index contributed by atoms with van der Waals surface area (Å²) in [5.41, 5.74) is -0.608. The topological polar surface area (TPSA) is 70.1 Å². The molecule has 0 aromatic rings. The second kappa shape index (κ2) is 6.22. The number of carboxylic acid groups (broad SMARTS) is 1. The molecule has 0 aromatic carbocycles. The van der Waals surface area contributed by atoms with Crippen molar-refractivity contribution in [3.05, 3.63) is 0 Å². The number of hydrogen-bond acceptors (Lipinski definition) is 4. The average Bonchev–Trinajstić information content (AvgIpc) is 2.82. The number of carboxylic acids is 1. The molecule has 0 bridgehead atoms. The summed E-state index contributed by atoms with van der Waals surface area (Å²) in [6, 6.07) is -0.881. The lowest BCUT2D eigenvalue weighted by atomic mass is 10.0. The Morgan fingerprint density at radius 2 is 1.71 bits per heavy atom. The molecule has 0 radical (unpaired) electrons. The highest BCUT2D eigenvalue weighted by atomic mass is 16.6. The Hall–Kier alpha value is -1.30. The predicted octanol–water partition coefficient (Wildman–Crippen LogP) is 1.93. The minimum absolute atomic E-state index is 0.0877. The number of rotatable bonds is 2. The maximum atomic E-state index is 12.2. The minimum Gasteiger partial charge on any atom is -0.480 e. The number of likely N-dealkylation sites (tertiary alicyclic amines) is 2. The quantitative estimate of drug-likeness (QED) is 0.843. The Morgan fingerprint density at radius 3 is 2.24 bits per heavy atom. The van der Waals surface area contributed by atoms with Gasteiger partial charge in [-0.25, -0.2) is 9.59 Å². The molecule has 2 saturated heterocycles. The standard InChI is InChI=1S/C15H26N2O4/c1-15(2,3)21-14(20)17-10-7-11(12(17)13(18)19)16-8-5-4-6-9-16/h11-12H,4-10H2,1-3H3,(H,18,19)/t11-,12+/m1/s1. The molecule has 1 amide bonds. The fourth-order valence-corrected chi connectivity index (χ4v) is 3.23. The highest BCUT2D eigenvalue weighted by Gasteiger charge is 2.46. The molecular formula is C15H26N2O4. The van der Waals surface area contributed by atoms with Crippen molar-refractivity contribution in [3.63, 3.8) is 0 Å². The van der Waals surface area contributed by atoms with Gasteiger partial charge in [0.15, 0.2) is 0 Å². The summed E-state index contributed by atoms with van der Waals surface area (Å²) in [7, 11) is 0. The maximum absolute atomic E-state index is 12.2. The van der Waals surface area contributed by atoms with Crippen LogP contribution in [0.15, 0.2) is 0 Å². The monoisotopic (exact) mass is 298 g/mol. The molecule has 0 aliphatic carbocycles. The van der Waals surface area contributed by atoms with Gasteiger partial charge in [0.25, 0.3) is 0 Å². The van der Waals surface area contributed by atoms with E-state index in [9.17, 15) is 14.7 Å². The van der Waals surface area contributed by atoms with Gasteiger partial charge in [0, 0.05) is 12.6 Å². The molecule has 1 N–H and O–H groups in total. The first-order chi connectivity index (χ1) is 9.79. The van der Waals surface area contributed by atoms with E-state index in [-0.39, 0.29) is 6.04 Å². The molecule has 2 aliphatic heterocycles. The summed E-state index contributed by atoms with van der Waals surface area (Å²) in [5.74, 6) is -0.936. The van der Waals surface area contributed by atoms with Crippen LogP contribution in [-0.4, -0.2) is 64.3 Å². The lowest BCUT2D eigenvalue weighted by Gasteiger charge is -2.35. The molecule has 120 valence electrons. The van der Waals surface area contributed by atoms with Gasteiger partial charge in [0.1, 0.15) is 11.6 Å².